The number of amides is 2. The summed E-state index contributed by atoms with van der Waals surface area (Å²) in [5.74, 6) is 0.583. The van der Waals surface area contributed by atoms with E-state index in [4.69, 9.17) is 4.74 Å². The van der Waals surface area contributed by atoms with Crippen LogP contribution in [0.4, 0.5) is 0 Å². The van der Waals surface area contributed by atoms with Crippen molar-refractivity contribution in [2.24, 2.45) is 7.05 Å². The van der Waals surface area contributed by atoms with E-state index in [0.717, 1.165) is 31.4 Å². The molecule has 1 aromatic carbocycles. The number of hydrogen-bond donors (Lipinski definition) is 0. The van der Waals surface area contributed by atoms with Gasteiger partial charge in [-0.05, 0) is 49.9 Å². The fourth-order valence-electron chi connectivity index (χ4n) is 3.43. The molecule has 148 valence electrons. The SMILES string of the molecule is Cn1cccc1CN(C(=O)CN(C(=O)COc1ccccc1)C1CC1)C1CC1. The summed E-state index contributed by atoms with van der Waals surface area (Å²) < 4.78 is 7.65. The lowest BCUT2D eigenvalue weighted by Gasteiger charge is -2.28. The molecule has 4 rings (SSSR count). The van der Waals surface area contributed by atoms with Gasteiger partial charge in [-0.3, -0.25) is 9.59 Å². The number of nitrogens with zero attached hydrogens (tertiary/aromatic N) is 3. The van der Waals surface area contributed by atoms with Gasteiger partial charge in [-0.25, -0.2) is 0 Å². The molecule has 6 heteroatoms. The zero-order valence-electron chi connectivity index (χ0n) is 16.3. The number of carbonyl (C=O) groups is 2. The van der Waals surface area contributed by atoms with Crippen molar-refractivity contribution in [1.29, 1.82) is 0 Å². The average Bonchev–Trinajstić information content (AvgIpc) is 3.62. The van der Waals surface area contributed by atoms with Crippen molar-refractivity contribution in [3.05, 3.63) is 54.4 Å². The number of benzene rings is 1. The molecule has 28 heavy (non-hydrogen) atoms. The lowest BCUT2D eigenvalue weighted by atomic mass is 10.3. The van der Waals surface area contributed by atoms with Crippen LogP contribution in [0.5, 0.6) is 5.75 Å². The lowest BCUT2D eigenvalue weighted by Crippen LogP contribution is -2.46. The summed E-state index contributed by atoms with van der Waals surface area (Å²) in [6.07, 6.45) is 6.01. The second-order valence-electron chi connectivity index (χ2n) is 7.72. The summed E-state index contributed by atoms with van der Waals surface area (Å²) in [5.41, 5.74) is 1.11. The van der Waals surface area contributed by atoms with Crippen LogP contribution in [0, 0.1) is 0 Å². The number of para-hydroxylation sites is 1. The van der Waals surface area contributed by atoms with E-state index in [2.05, 4.69) is 0 Å². The second kappa shape index (κ2) is 8.09. The Bertz CT molecular complexity index is 825. The monoisotopic (exact) mass is 381 g/mol. The van der Waals surface area contributed by atoms with E-state index in [9.17, 15) is 9.59 Å². The number of rotatable bonds is 9. The van der Waals surface area contributed by atoms with Crippen LogP contribution in [-0.4, -0.2) is 51.4 Å². The number of hydrogen-bond acceptors (Lipinski definition) is 3. The normalized spacial score (nSPS) is 15.9. The van der Waals surface area contributed by atoms with Gasteiger partial charge >= 0.3 is 0 Å². The number of ether oxygens (including phenoxy) is 1. The third-order valence-electron chi connectivity index (χ3n) is 5.41. The molecular formula is C22H27N3O3. The Labute approximate surface area is 165 Å². The average molecular weight is 381 g/mol. The topological polar surface area (TPSA) is 54.8 Å². The number of aryl methyl sites for hydroxylation is 1. The highest BCUT2D eigenvalue weighted by Gasteiger charge is 2.38. The van der Waals surface area contributed by atoms with Gasteiger partial charge in [0, 0.05) is 31.0 Å². The van der Waals surface area contributed by atoms with Gasteiger partial charge in [0.1, 0.15) is 12.3 Å². The zero-order chi connectivity index (χ0) is 19.5. The summed E-state index contributed by atoms with van der Waals surface area (Å²) in [5, 5.41) is 0. The van der Waals surface area contributed by atoms with Gasteiger partial charge in [-0.15, -0.1) is 0 Å². The Balaban J connectivity index is 1.38. The highest BCUT2D eigenvalue weighted by Crippen LogP contribution is 2.31. The molecule has 0 atom stereocenters. The Morgan fingerprint density at radius 2 is 1.64 bits per heavy atom. The van der Waals surface area contributed by atoms with E-state index in [1.165, 1.54) is 0 Å². The van der Waals surface area contributed by atoms with Crippen molar-refractivity contribution < 1.29 is 14.3 Å². The first-order chi connectivity index (χ1) is 13.6. The predicted octanol–water partition coefficient (Wildman–Crippen LogP) is 2.59. The molecule has 1 aromatic heterocycles. The minimum atomic E-state index is -0.116. The molecule has 2 amide bonds. The van der Waals surface area contributed by atoms with Crippen LogP contribution >= 0.6 is 0 Å². The van der Waals surface area contributed by atoms with Gasteiger partial charge in [0.2, 0.25) is 5.91 Å². The van der Waals surface area contributed by atoms with Crippen LogP contribution in [0.2, 0.25) is 0 Å². The summed E-state index contributed by atoms with van der Waals surface area (Å²) in [6, 6.07) is 13.8. The fraction of sp³-hybridized carbons (Fsp3) is 0.455. The molecule has 0 N–H and O–H groups in total. The quantitative estimate of drug-likeness (QED) is 0.671. The standard InChI is InChI=1S/C22H27N3O3/c1-23-13-5-6-19(23)14-24(17-9-10-17)21(26)15-25(18-11-12-18)22(27)16-28-20-7-3-2-4-8-20/h2-8,13,17-18H,9-12,14-16H2,1H3. The molecule has 0 saturated heterocycles. The minimum absolute atomic E-state index is 0.0312. The highest BCUT2D eigenvalue weighted by molar-refractivity contribution is 5.86. The molecule has 0 bridgehead atoms. The maximum absolute atomic E-state index is 13.1. The van der Waals surface area contributed by atoms with Gasteiger partial charge < -0.3 is 19.1 Å². The van der Waals surface area contributed by atoms with Gasteiger partial charge in [0.05, 0.1) is 6.54 Å². The first-order valence-electron chi connectivity index (χ1n) is 9.99. The second-order valence-corrected chi connectivity index (χ2v) is 7.72. The molecule has 0 unspecified atom stereocenters. The van der Waals surface area contributed by atoms with E-state index in [1.54, 1.807) is 4.90 Å². The highest BCUT2D eigenvalue weighted by atomic mass is 16.5. The largest absolute Gasteiger partial charge is 0.484 e. The van der Waals surface area contributed by atoms with Crippen molar-refractivity contribution >= 4 is 11.8 Å². The summed E-state index contributed by atoms with van der Waals surface area (Å²) in [4.78, 5) is 29.5. The molecule has 0 aliphatic heterocycles. The Kier molecular flexibility index (Phi) is 5.37. The van der Waals surface area contributed by atoms with Crippen molar-refractivity contribution in [2.45, 2.75) is 44.3 Å². The third kappa shape index (κ3) is 4.55. The molecule has 6 nitrogen and oxygen atoms in total. The molecule has 0 radical (unpaired) electrons. The Morgan fingerprint density at radius 3 is 2.25 bits per heavy atom. The summed E-state index contributed by atoms with van der Waals surface area (Å²) in [7, 11) is 1.99. The maximum atomic E-state index is 13.1. The van der Waals surface area contributed by atoms with Crippen LogP contribution in [0.1, 0.15) is 31.4 Å². The van der Waals surface area contributed by atoms with Gasteiger partial charge in [0.25, 0.3) is 5.91 Å². The first-order valence-corrected chi connectivity index (χ1v) is 9.99. The maximum Gasteiger partial charge on any atom is 0.261 e. The van der Waals surface area contributed by atoms with Gasteiger partial charge in [-0.1, -0.05) is 18.2 Å². The third-order valence-corrected chi connectivity index (χ3v) is 5.41. The zero-order valence-corrected chi connectivity index (χ0v) is 16.3. The van der Waals surface area contributed by atoms with E-state index < -0.39 is 0 Å². The van der Waals surface area contributed by atoms with Gasteiger partial charge in [-0.2, -0.15) is 0 Å². The van der Waals surface area contributed by atoms with Crippen LogP contribution in [0.3, 0.4) is 0 Å². The summed E-state index contributed by atoms with van der Waals surface area (Å²) >= 11 is 0. The van der Waals surface area contributed by atoms with Crippen LogP contribution in [0.15, 0.2) is 48.7 Å². The molecule has 2 saturated carbocycles. The molecule has 2 aliphatic rings. The molecule has 0 spiro atoms. The van der Waals surface area contributed by atoms with Crippen LogP contribution in [0.25, 0.3) is 0 Å². The van der Waals surface area contributed by atoms with Crippen molar-refractivity contribution in [3.63, 3.8) is 0 Å². The molecule has 2 aromatic rings. The number of aromatic nitrogens is 1. The van der Waals surface area contributed by atoms with Crippen molar-refractivity contribution in [3.8, 4) is 5.75 Å². The van der Waals surface area contributed by atoms with Crippen molar-refractivity contribution in [2.75, 3.05) is 13.2 Å². The van der Waals surface area contributed by atoms with Crippen LogP contribution < -0.4 is 4.74 Å². The molecule has 2 fully saturated rings. The molecular weight excluding hydrogens is 354 g/mol. The Hall–Kier alpha value is -2.76. The predicted molar refractivity (Wildman–Crippen MR) is 106 cm³/mol. The van der Waals surface area contributed by atoms with E-state index in [0.29, 0.717) is 18.3 Å². The lowest BCUT2D eigenvalue weighted by molar-refractivity contribution is -0.142. The van der Waals surface area contributed by atoms with E-state index in [1.807, 2.05) is 65.2 Å². The van der Waals surface area contributed by atoms with Gasteiger partial charge in [0.15, 0.2) is 6.61 Å². The first kappa shape index (κ1) is 18.6. The molecule has 2 aliphatic carbocycles. The van der Waals surface area contributed by atoms with E-state index in [-0.39, 0.29) is 31.0 Å². The Morgan fingerprint density at radius 1 is 0.964 bits per heavy atom. The molecule has 1 heterocycles. The minimum Gasteiger partial charge on any atom is -0.484 e. The summed E-state index contributed by atoms with van der Waals surface area (Å²) in [6.45, 7) is 0.706. The number of carbonyl (C=O) groups excluding carboxylic acids is 2. The smallest absolute Gasteiger partial charge is 0.261 e. The fourth-order valence-corrected chi connectivity index (χ4v) is 3.43. The van der Waals surface area contributed by atoms with E-state index >= 15 is 0 Å². The van der Waals surface area contributed by atoms with Crippen molar-refractivity contribution in [1.82, 2.24) is 14.4 Å². The van der Waals surface area contributed by atoms with Crippen LogP contribution in [-0.2, 0) is 23.2 Å².